The minimum atomic E-state index is -0.452. The molecule has 0 aliphatic rings. The second-order valence-corrected chi connectivity index (χ2v) is 7.09. The first-order valence-corrected chi connectivity index (χ1v) is 10.2. The summed E-state index contributed by atoms with van der Waals surface area (Å²) >= 11 is 8.44. The summed E-state index contributed by atoms with van der Waals surface area (Å²) in [5.74, 6) is 0.269. The lowest BCUT2D eigenvalue weighted by atomic mass is 10.2. The summed E-state index contributed by atoms with van der Waals surface area (Å²) in [5, 5.41) is 2.44. The SMILES string of the molecule is CCOc1cccc(C(=O)NC(=S)NNC(=O)COc2ccc(CC)cc2Br)c1. The normalized spacial score (nSPS) is 10.0. The first-order valence-electron chi connectivity index (χ1n) is 8.97. The maximum Gasteiger partial charge on any atom is 0.276 e. The van der Waals surface area contributed by atoms with Gasteiger partial charge in [0.15, 0.2) is 11.7 Å². The van der Waals surface area contributed by atoms with Crippen LogP contribution < -0.4 is 25.6 Å². The van der Waals surface area contributed by atoms with Gasteiger partial charge in [0.1, 0.15) is 11.5 Å². The van der Waals surface area contributed by atoms with Crippen molar-refractivity contribution in [2.45, 2.75) is 20.3 Å². The molecule has 0 unspecified atom stereocenters. The Morgan fingerprint density at radius 1 is 1.07 bits per heavy atom. The van der Waals surface area contributed by atoms with Gasteiger partial charge in [0.25, 0.3) is 11.8 Å². The number of thiocarbonyl (C=S) groups is 1. The number of carbonyl (C=O) groups excluding carboxylic acids is 2. The first kappa shape index (κ1) is 22.6. The van der Waals surface area contributed by atoms with Gasteiger partial charge in [0.2, 0.25) is 0 Å². The third-order valence-electron chi connectivity index (χ3n) is 3.71. The van der Waals surface area contributed by atoms with E-state index in [9.17, 15) is 9.59 Å². The van der Waals surface area contributed by atoms with E-state index in [0.717, 1.165) is 16.5 Å². The van der Waals surface area contributed by atoms with Crippen molar-refractivity contribution in [1.82, 2.24) is 16.2 Å². The minimum absolute atomic E-state index is 0.0429. The van der Waals surface area contributed by atoms with Crippen LogP contribution in [0.5, 0.6) is 11.5 Å². The predicted octanol–water partition coefficient (Wildman–Crippen LogP) is 3.12. The molecule has 0 aliphatic carbocycles. The van der Waals surface area contributed by atoms with Crippen molar-refractivity contribution in [3.63, 3.8) is 0 Å². The molecule has 2 rings (SSSR count). The molecule has 7 nitrogen and oxygen atoms in total. The van der Waals surface area contributed by atoms with Gasteiger partial charge in [-0.15, -0.1) is 0 Å². The zero-order valence-corrected chi connectivity index (χ0v) is 18.5. The molecule has 0 aromatic heterocycles. The smallest absolute Gasteiger partial charge is 0.276 e. The van der Waals surface area contributed by atoms with Gasteiger partial charge in [-0.25, -0.2) is 0 Å². The molecule has 0 saturated carbocycles. The first-order chi connectivity index (χ1) is 13.9. The zero-order chi connectivity index (χ0) is 21.2. The van der Waals surface area contributed by atoms with Gasteiger partial charge < -0.3 is 9.47 Å². The second-order valence-electron chi connectivity index (χ2n) is 5.82. The maximum atomic E-state index is 12.2. The van der Waals surface area contributed by atoms with Gasteiger partial charge in [-0.3, -0.25) is 25.8 Å². The van der Waals surface area contributed by atoms with Crippen LogP contribution >= 0.6 is 28.1 Å². The number of hydrogen-bond acceptors (Lipinski definition) is 5. The molecular formula is C20H22BrN3O4S. The van der Waals surface area contributed by atoms with E-state index in [1.807, 2.05) is 19.1 Å². The number of nitrogens with one attached hydrogen (secondary N) is 3. The molecule has 2 aromatic rings. The summed E-state index contributed by atoms with van der Waals surface area (Å²) in [5.41, 5.74) is 6.38. The Morgan fingerprint density at radius 3 is 2.55 bits per heavy atom. The topological polar surface area (TPSA) is 88.7 Å². The summed E-state index contributed by atoms with van der Waals surface area (Å²) in [4.78, 5) is 24.1. The van der Waals surface area contributed by atoms with Crippen molar-refractivity contribution in [1.29, 1.82) is 0 Å². The summed E-state index contributed by atoms with van der Waals surface area (Å²) in [7, 11) is 0. The summed E-state index contributed by atoms with van der Waals surface area (Å²) in [6.45, 7) is 4.19. The lowest BCUT2D eigenvalue weighted by molar-refractivity contribution is -0.123. The number of hydrazine groups is 1. The molecule has 2 aromatic carbocycles. The average Bonchev–Trinajstić information content (AvgIpc) is 2.71. The van der Waals surface area contributed by atoms with Crippen LogP contribution in [-0.2, 0) is 11.2 Å². The van der Waals surface area contributed by atoms with Crippen LogP contribution in [0, 0.1) is 0 Å². The lowest BCUT2D eigenvalue weighted by Crippen LogP contribution is -2.49. The third-order valence-corrected chi connectivity index (χ3v) is 4.54. The Labute approximate surface area is 183 Å². The molecule has 9 heteroatoms. The summed E-state index contributed by atoms with van der Waals surface area (Å²) in [6, 6.07) is 12.4. The zero-order valence-electron chi connectivity index (χ0n) is 16.1. The highest BCUT2D eigenvalue weighted by Gasteiger charge is 2.10. The van der Waals surface area contributed by atoms with Gasteiger partial charge in [-0.1, -0.05) is 19.1 Å². The number of ether oxygens (including phenoxy) is 2. The molecule has 29 heavy (non-hydrogen) atoms. The number of hydrogen-bond donors (Lipinski definition) is 3. The number of rotatable bonds is 7. The van der Waals surface area contributed by atoms with E-state index in [4.69, 9.17) is 21.7 Å². The van der Waals surface area contributed by atoms with Crippen molar-refractivity contribution in [2.24, 2.45) is 0 Å². The van der Waals surface area contributed by atoms with E-state index in [0.29, 0.717) is 23.7 Å². The van der Waals surface area contributed by atoms with Gasteiger partial charge >= 0.3 is 0 Å². The third kappa shape index (κ3) is 7.35. The molecule has 0 bridgehead atoms. The van der Waals surface area contributed by atoms with E-state index in [-0.39, 0.29) is 11.7 Å². The number of carbonyl (C=O) groups is 2. The fraction of sp³-hybridized carbons (Fsp3) is 0.250. The molecule has 154 valence electrons. The molecule has 0 fully saturated rings. The lowest BCUT2D eigenvalue weighted by Gasteiger charge is -2.12. The quantitative estimate of drug-likeness (QED) is 0.417. The monoisotopic (exact) mass is 479 g/mol. The number of benzene rings is 2. The van der Waals surface area contributed by atoms with Crippen molar-refractivity contribution >= 4 is 45.1 Å². The van der Waals surface area contributed by atoms with Gasteiger partial charge in [0.05, 0.1) is 11.1 Å². The van der Waals surface area contributed by atoms with Crippen LogP contribution in [-0.4, -0.2) is 30.1 Å². The maximum absolute atomic E-state index is 12.2. The van der Waals surface area contributed by atoms with E-state index in [1.54, 1.807) is 30.3 Å². The van der Waals surface area contributed by atoms with Crippen LogP contribution in [0.1, 0.15) is 29.8 Å². The highest BCUT2D eigenvalue weighted by molar-refractivity contribution is 9.10. The van der Waals surface area contributed by atoms with E-state index >= 15 is 0 Å². The molecule has 0 spiro atoms. The molecule has 3 N–H and O–H groups in total. The predicted molar refractivity (Wildman–Crippen MR) is 118 cm³/mol. The van der Waals surface area contributed by atoms with Crippen LogP contribution in [0.4, 0.5) is 0 Å². The highest BCUT2D eigenvalue weighted by atomic mass is 79.9. The molecular weight excluding hydrogens is 458 g/mol. The molecule has 2 amide bonds. The fourth-order valence-electron chi connectivity index (χ4n) is 2.29. The minimum Gasteiger partial charge on any atom is -0.494 e. The van der Waals surface area contributed by atoms with Crippen LogP contribution in [0.15, 0.2) is 46.9 Å². The molecule has 0 atom stereocenters. The Hall–Kier alpha value is -2.65. The van der Waals surface area contributed by atoms with E-state index in [1.165, 1.54) is 0 Å². The number of halogens is 1. The Bertz CT molecular complexity index is 892. The van der Waals surface area contributed by atoms with Crippen LogP contribution in [0.25, 0.3) is 0 Å². The van der Waals surface area contributed by atoms with Crippen LogP contribution in [0.3, 0.4) is 0 Å². The molecule has 0 aliphatic heterocycles. The number of aryl methyl sites for hydroxylation is 1. The van der Waals surface area contributed by atoms with Crippen molar-refractivity contribution in [2.75, 3.05) is 13.2 Å². The van der Waals surface area contributed by atoms with Crippen molar-refractivity contribution in [3.05, 3.63) is 58.1 Å². The molecule has 0 saturated heterocycles. The van der Waals surface area contributed by atoms with Crippen molar-refractivity contribution < 1.29 is 19.1 Å². The van der Waals surface area contributed by atoms with E-state index in [2.05, 4.69) is 39.0 Å². The summed E-state index contributed by atoms with van der Waals surface area (Å²) < 4.78 is 11.6. The molecule has 0 heterocycles. The highest BCUT2D eigenvalue weighted by Crippen LogP contribution is 2.26. The Morgan fingerprint density at radius 2 is 1.86 bits per heavy atom. The Balaban J connectivity index is 1.77. The largest absolute Gasteiger partial charge is 0.494 e. The standard InChI is InChI=1S/C20H22BrN3O4S/c1-3-13-8-9-17(16(21)10-13)28-12-18(25)23-24-20(29)22-19(26)14-6-5-7-15(11-14)27-4-2/h5-11H,3-4,12H2,1-2H3,(H,23,25)(H2,22,24,26,29). The van der Waals surface area contributed by atoms with E-state index < -0.39 is 11.8 Å². The van der Waals surface area contributed by atoms with Gasteiger partial charge in [0, 0.05) is 5.56 Å². The van der Waals surface area contributed by atoms with Gasteiger partial charge in [-0.2, -0.15) is 0 Å². The van der Waals surface area contributed by atoms with Crippen LogP contribution in [0.2, 0.25) is 0 Å². The Kier molecular flexibility index (Phi) is 8.88. The van der Waals surface area contributed by atoms with Gasteiger partial charge in [-0.05, 0) is 77.4 Å². The average molecular weight is 480 g/mol. The fourth-order valence-corrected chi connectivity index (χ4v) is 2.97. The number of amides is 2. The summed E-state index contributed by atoms with van der Waals surface area (Å²) in [6.07, 6.45) is 0.905. The second kappa shape index (κ2) is 11.4. The van der Waals surface area contributed by atoms with Crippen molar-refractivity contribution in [3.8, 4) is 11.5 Å². The molecule has 0 radical (unpaired) electrons.